The van der Waals surface area contributed by atoms with Crippen molar-refractivity contribution in [2.24, 2.45) is 5.73 Å². The van der Waals surface area contributed by atoms with E-state index >= 15 is 0 Å². The van der Waals surface area contributed by atoms with Gasteiger partial charge in [0.15, 0.2) is 0 Å². The van der Waals surface area contributed by atoms with Gasteiger partial charge in [-0.15, -0.1) is 0 Å². The zero-order chi connectivity index (χ0) is 12.4. The summed E-state index contributed by atoms with van der Waals surface area (Å²) in [6.07, 6.45) is 4.83. The first-order chi connectivity index (χ1) is 8.88. The van der Waals surface area contributed by atoms with Crippen LogP contribution in [0.15, 0.2) is 54.9 Å². The maximum Gasteiger partial charge on any atom is 0.127 e. The maximum absolute atomic E-state index is 5.68. The number of fused-ring (bicyclic) bond motifs is 1. The summed E-state index contributed by atoms with van der Waals surface area (Å²) in [7, 11) is 0. The smallest absolute Gasteiger partial charge is 0.127 e. The number of rotatable bonds is 3. The second-order valence-electron chi connectivity index (χ2n) is 4.33. The Balaban J connectivity index is 2.05. The highest BCUT2D eigenvalue weighted by Gasteiger charge is 2.06. The molecule has 0 unspecified atom stereocenters. The Labute approximate surface area is 106 Å². The normalized spacial score (nSPS) is 10.9. The third kappa shape index (κ3) is 1.89. The van der Waals surface area contributed by atoms with Crippen LogP contribution < -0.4 is 5.73 Å². The molecule has 0 spiro atoms. The van der Waals surface area contributed by atoms with Gasteiger partial charge in [0, 0.05) is 6.20 Å². The average Bonchev–Trinajstić information content (AvgIpc) is 2.84. The molecule has 0 fully saturated rings. The van der Waals surface area contributed by atoms with E-state index in [2.05, 4.69) is 39.7 Å². The standard InChI is InChI=1S/C15H15N3/c16-10-15-17-11-14-13(7-4-8-18(14)15)9-12-5-2-1-3-6-12/h1-8,11H,9-10,16H2. The second-order valence-corrected chi connectivity index (χ2v) is 4.33. The van der Waals surface area contributed by atoms with Crippen molar-refractivity contribution in [2.45, 2.75) is 13.0 Å². The van der Waals surface area contributed by atoms with E-state index in [0.29, 0.717) is 6.54 Å². The summed E-state index contributed by atoms with van der Waals surface area (Å²) in [5, 5.41) is 0. The van der Waals surface area contributed by atoms with Crippen LogP contribution in [0.2, 0.25) is 0 Å². The quantitative estimate of drug-likeness (QED) is 0.760. The number of pyridine rings is 1. The lowest BCUT2D eigenvalue weighted by atomic mass is 10.1. The van der Waals surface area contributed by atoms with Crippen LogP contribution in [-0.4, -0.2) is 9.38 Å². The van der Waals surface area contributed by atoms with Crippen molar-refractivity contribution in [1.82, 2.24) is 9.38 Å². The number of hydrogen-bond acceptors (Lipinski definition) is 2. The van der Waals surface area contributed by atoms with Crippen molar-refractivity contribution in [3.8, 4) is 0 Å². The van der Waals surface area contributed by atoms with Gasteiger partial charge in [-0.05, 0) is 23.6 Å². The van der Waals surface area contributed by atoms with Crippen LogP contribution >= 0.6 is 0 Å². The zero-order valence-electron chi connectivity index (χ0n) is 10.1. The van der Waals surface area contributed by atoms with Crippen LogP contribution in [-0.2, 0) is 13.0 Å². The van der Waals surface area contributed by atoms with Gasteiger partial charge in [0.05, 0.1) is 18.3 Å². The van der Waals surface area contributed by atoms with Crippen LogP contribution in [0, 0.1) is 0 Å². The minimum Gasteiger partial charge on any atom is -0.324 e. The molecule has 2 heterocycles. The van der Waals surface area contributed by atoms with E-state index in [1.807, 2.05) is 24.5 Å². The Hall–Kier alpha value is -2.13. The first-order valence-corrected chi connectivity index (χ1v) is 6.06. The van der Waals surface area contributed by atoms with Gasteiger partial charge in [-0.1, -0.05) is 36.4 Å². The Morgan fingerprint density at radius 2 is 1.89 bits per heavy atom. The topological polar surface area (TPSA) is 43.3 Å². The Morgan fingerprint density at radius 1 is 1.06 bits per heavy atom. The molecule has 1 aromatic carbocycles. The molecule has 0 saturated heterocycles. The first kappa shape index (κ1) is 11.0. The van der Waals surface area contributed by atoms with Crippen molar-refractivity contribution in [3.05, 3.63) is 71.8 Å². The largest absolute Gasteiger partial charge is 0.324 e. The van der Waals surface area contributed by atoms with Crippen LogP contribution in [0.3, 0.4) is 0 Å². The van der Waals surface area contributed by atoms with Crippen LogP contribution in [0.5, 0.6) is 0 Å². The lowest BCUT2D eigenvalue weighted by molar-refractivity contribution is 0.900. The lowest BCUT2D eigenvalue weighted by Gasteiger charge is -2.05. The third-order valence-electron chi connectivity index (χ3n) is 3.15. The molecule has 0 bridgehead atoms. The molecule has 2 aromatic heterocycles. The van der Waals surface area contributed by atoms with E-state index in [1.165, 1.54) is 11.1 Å². The van der Waals surface area contributed by atoms with Gasteiger partial charge < -0.3 is 10.1 Å². The van der Waals surface area contributed by atoms with E-state index in [9.17, 15) is 0 Å². The van der Waals surface area contributed by atoms with Gasteiger partial charge in [0.2, 0.25) is 0 Å². The number of hydrogen-bond donors (Lipinski definition) is 1. The average molecular weight is 237 g/mol. The number of nitrogens with two attached hydrogens (primary N) is 1. The summed E-state index contributed by atoms with van der Waals surface area (Å²) >= 11 is 0. The molecule has 18 heavy (non-hydrogen) atoms. The molecule has 90 valence electrons. The summed E-state index contributed by atoms with van der Waals surface area (Å²) in [5.74, 6) is 0.903. The Kier molecular flexibility index (Phi) is 2.82. The summed E-state index contributed by atoms with van der Waals surface area (Å²) in [6.45, 7) is 0.461. The summed E-state index contributed by atoms with van der Waals surface area (Å²) in [5.41, 5.74) is 9.40. The predicted octanol–water partition coefficient (Wildman–Crippen LogP) is 2.38. The van der Waals surface area contributed by atoms with Gasteiger partial charge in [0.25, 0.3) is 0 Å². The molecule has 0 aliphatic carbocycles. The van der Waals surface area contributed by atoms with Crippen molar-refractivity contribution in [1.29, 1.82) is 0 Å². The highest BCUT2D eigenvalue weighted by Crippen LogP contribution is 2.16. The molecule has 0 aliphatic heterocycles. The number of benzene rings is 1. The van der Waals surface area contributed by atoms with Gasteiger partial charge in [-0.25, -0.2) is 4.98 Å². The molecule has 2 N–H and O–H groups in total. The van der Waals surface area contributed by atoms with Gasteiger partial charge in [-0.2, -0.15) is 0 Å². The molecule has 3 rings (SSSR count). The van der Waals surface area contributed by atoms with E-state index in [-0.39, 0.29) is 0 Å². The molecule has 0 radical (unpaired) electrons. The molecule has 3 nitrogen and oxygen atoms in total. The molecule has 0 atom stereocenters. The third-order valence-corrected chi connectivity index (χ3v) is 3.15. The minimum atomic E-state index is 0.461. The van der Waals surface area contributed by atoms with Gasteiger partial charge >= 0.3 is 0 Å². The Bertz CT molecular complexity index is 656. The molecule has 0 saturated carbocycles. The van der Waals surface area contributed by atoms with E-state index in [1.54, 1.807) is 0 Å². The zero-order valence-corrected chi connectivity index (χ0v) is 10.1. The molecule has 3 aromatic rings. The fourth-order valence-corrected chi connectivity index (χ4v) is 2.25. The number of imidazole rings is 1. The fraction of sp³-hybridized carbons (Fsp3) is 0.133. The van der Waals surface area contributed by atoms with E-state index < -0.39 is 0 Å². The molecule has 3 heteroatoms. The maximum atomic E-state index is 5.68. The van der Waals surface area contributed by atoms with E-state index in [0.717, 1.165) is 17.8 Å². The second kappa shape index (κ2) is 4.63. The minimum absolute atomic E-state index is 0.461. The molecule has 0 aliphatic rings. The van der Waals surface area contributed by atoms with Gasteiger partial charge in [-0.3, -0.25) is 0 Å². The van der Waals surface area contributed by atoms with E-state index in [4.69, 9.17) is 5.73 Å². The van der Waals surface area contributed by atoms with Crippen LogP contribution in [0.1, 0.15) is 17.0 Å². The fourth-order valence-electron chi connectivity index (χ4n) is 2.25. The molecular formula is C15H15N3. The highest BCUT2D eigenvalue weighted by molar-refractivity contribution is 5.55. The molecular weight excluding hydrogens is 222 g/mol. The Morgan fingerprint density at radius 3 is 2.67 bits per heavy atom. The van der Waals surface area contributed by atoms with Crippen molar-refractivity contribution in [2.75, 3.05) is 0 Å². The first-order valence-electron chi connectivity index (χ1n) is 6.06. The lowest BCUT2D eigenvalue weighted by Crippen LogP contribution is -2.03. The van der Waals surface area contributed by atoms with Crippen LogP contribution in [0.4, 0.5) is 0 Å². The SMILES string of the molecule is NCc1ncc2c(Cc3ccccc3)cccn12. The highest BCUT2D eigenvalue weighted by atomic mass is 15.0. The van der Waals surface area contributed by atoms with Crippen molar-refractivity contribution < 1.29 is 0 Å². The summed E-state index contributed by atoms with van der Waals surface area (Å²) in [6, 6.07) is 14.6. The summed E-state index contributed by atoms with van der Waals surface area (Å²) < 4.78 is 2.07. The number of nitrogens with zero attached hydrogens (tertiary/aromatic N) is 2. The predicted molar refractivity (Wildman–Crippen MR) is 72.3 cm³/mol. The number of aromatic nitrogens is 2. The molecule has 0 amide bonds. The van der Waals surface area contributed by atoms with Gasteiger partial charge in [0.1, 0.15) is 5.82 Å². The van der Waals surface area contributed by atoms with Crippen molar-refractivity contribution in [3.63, 3.8) is 0 Å². The summed E-state index contributed by atoms with van der Waals surface area (Å²) in [4.78, 5) is 4.35. The van der Waals surface area contributed by atoms with Crippen molar-refractivity contribution >= 4 is 5.52 Å². The monoisotopic (exact) mass is 237 g/mol. The van der Waals surface area contributed by atoms with Crippen LogP contribution in [0.25, 0.3) is 5.52 Å².